The summed E-state index contributed by atoms with van der Waals surface area (Å²) in [7, 11) is 0. The van der Waals surface area contributed by atoms with Crippen LogP contribution in [0.4, 0.5) is 4.39 Å². The van der Waals surface area contributed by atoms with E-state index in [1.54, 1.807) is 12.1 Å². The molecule has 0 spiro atoms. The van der Waals surface area contributed by atoms with E-state index in [9.17, 15) is 4.39 Å². The van der Waals surface area contributed by atoms with E-state index in [-0.39, 0.29) is 11.9 Å². The van der Waals surface area contributed by atoms with Crippen molar-refractivity contribution in [3.63, 3.8) is 0 Å². The second kappa shape index (κ2) is 11.1. The monoisotopic (exact) mass is 380 g/mol. The van der Waals surface area contributed by atoms with Crippen LogP contribution in [0, 0.1) is 5.82 Å². The maximum absolute atomic E-state index is 13.3. The predicted molar refractivity (Wildman–Crippen MR) is 107 cm³/mol. The number of nitrogens with one attached hydrogen (secondary N) is 2. The van der Waals surface area contributed by atoms with Gasteiger partial charge in [-0.3, -0.25) is 9.89 Å². The van der Waals surface area contributed by atoms with Crippen LogP contribution in [0.25, 0.3) is 0 Å². The molecule has 0 aliphatic carbocycles. The molecule has 2 rings (SSSR count). The average molecular weight is 381 g/mol. The van der Waals surface area contributed by atoms with Gasteiger partial charge in [-0.1, -0.05) is 6.07 Å². The average Bonchev–Trinajstić information content (AvgIpc) is 2.64. The Labute approximate surface area is 162 Å². The van der Waals surface area contributed by atoms with Crippen LogP contribution in [-0.4, -0.2) is 68.4 Å². The lowest BCUT2D eigenvalue weighted by atomic mass is 10.2. The molecule has 1 aromatic carbocycles. The van der Waals surface area contributed by atoms with E-state index < -0.39 is 0 Å². The van der Waals surface area contributed by atoms with Crippen LogP contribution in [0.3, 0.4) is 0 Å². The van der Waals surface area contributed by atoms with Crippen molar-refractivity contribution in [2.45, 2.75) is 45.9 Å². The topological polar surface area (TPSA) is 58.1 Å². The number of ether oxygens (including phenoxy) is 2. The highest BCUT2D eigenvalue weighted by Crippen LogP contribution is 2.13. The van der Waals surface area contributed by atoms with E-state index in [4.69, 9.17) is 14.5 Å². The van der Waals surface area contributed by atoms with E-state index in [1.807, 2.05) is 13.8 Å². The summed E-state index contributed by atoms with van der Waals surface area (Å²) in [6.45, 7) is 12.9. The molecule has 0 amide bonds. The van der Waals surface area contributed by atoms with Crippen LogP contribution in [0.2, 0.25) is 0 Å². The Balaban J connectivity index is 1.83. The molecule has 1 saturated heterocycles. The number of aliphatic imine (C=N–C) groups is 1. The maximum Gasteiger partial charge on any atom is 0.191 e. The molecule has 3 unspecified atom stereocenters. The number of nitrogens with zero attached hydrogens (tertiary/aromatic N) is 2. The molecule has 2 N–H and O–H groups in total. The van der Waals surface area contributed by atoms with Crippen molar-refractivity contribution < 1.29 is 13.9 Å². The fraction of sp³-hybridized carbons (Fsp3) is 0.650. The van der Waals surface area contributed by atoms with Crippen molar-refractivity contribution in [1.82, 2.24) is 15.5 Å². The third kappa shape index (κ3) is 7.34. The molecule has 1 fully saturated rings. The fourth-order valence-corrected chi connectivity index (χ4v) is 3.12. The zero-order valence-electron chi connectivity index (χ0n) is 16.9. The van der Waals surface area contributed by atoms with Crippen molar-refractivity contribution in [2.75, 3.05) is 39.4 Å². The molecule has 3 atom stereocenters. The third-order valence-corrected chi connectivity index (χ3v) is 4.53. The van der Waals surface area contributed by atoms with Crippen LogP contribution in [0.1, 0.15) is 27.7 Å². The normalized spacial score (nSPS) is 20.8. The van der Waals surface area contributed by atoms with Gasteiger partial charge in [0.1, 0.15) is 17.7 Å². The van der Waals surface area contributed by atoms with Crippen LogP contribution in [0.15, 0.2) is 29.3 Å². The molecule has 1 heterocycles. The Morgan fingerprint density at radius 3 is 2.93 bits per heavy atom. The smallest absolute Gasteiger partial charge is 0.191 e. The zero-order chi connectivity index (χ0) is 19.6. The summed E-state index contributed by atoms with van der Waals surface area (Å²) in [6, 6.07) is 6.96. The first-order valence-corrected chi connectivity index (χ1v) is 9.77. The van der Waals surface area contributed by atoms with Crippen LogP contribution in [-0.2, 0) is 4.74 Å². The summed E-state index contributed by atoms with van der Waals surface area (Å²) in [5.41, 5.74) is 0. The minimum Gasteiger partial charge on any atom is -0.489 e. The molecule has 0 aromatic heterocycles. The molecule has 152 valence electrons. The van der Waals surface area contributed by atoms with Crippen molar-refractivity contribution in [3.05, 3.63) is 30.1 Å². The molecule has 27 heavy (non-hydrogen) atoms. The number of guanidine groups is 1. The van der Waals surface area contributed by atoms with Crippen molar-refractivity contribution in [1.29, 1.82) is 0 Å². The summed E-state index contributed by atoms with van der Waals surface area (Å²) in [5.74, 6) is 0.995. The molecule has 1 aromatic rings. The highest BCUT2D eigenvalue weighted by Gasteiger charge is 2.23. The molecule has 0 saturated carbocycles. The van der Waals surface area contributed by atoms with Crippen molar-refractivity contribution in [3.8, 4) is 5.75 Å². The quantitative estimate of drug-likeness (QED) is 0.535. The third-order valence-electron chi connectivity index (χ3n) is 4.53. The molecule has 6 nitrogen and oxygen atoms in total. The van der Waals surface area contributed by atoms with Gasteiger partial charge in [0.15, 0.2) is 5.96 Å². The Kier molecular flexibility index (Phi) is 8.81. The van der Waals surface area contributed by atoms with Crippen LogP contribution in [0.5, 0.6) is 5.75 Å². The maximum atomic E-state index is 13.3. The Bertz CT molecular complexity index is 599. The van der Waals surface area contributed by atoms with Gasteiger partial charge in [-0.25, -0.2) is 4.39 Å². The van der Waals surface area contributed by atoms with Gasteiger partial charge in [0.05, 0.1) is 26.3 Å². The van der Waals surface area contributed by atoms with Crippen molar-refractivity contribution >= 4 is 5.96 Å². The first kappa shape index (κ1) is 21.4. The van der Waals surface area contributed by atoms with E-state index in [1.165, 1.54) is 12.1 Å². The van der Waals surface area contributed by atoms with Gasteiger partial charge in [0, 0.05) is 31.2 Å². The molecule has 0 bridgehead atoms. The highest BCUT2D eigenvalue weighted by molar-refractivity contribution is 5.79. The van der Waals surface area contributed by atoms with Gasteiger partial charge in [-0.05, 0) is 39.8 Å². The molecule has 1 aliphatic heterocycles. The second-order valence-electron chi connectivity index (χ2n) is 7.00. The molecule has 1 aliphatic rings. The lowest BCUT2D eigenvalue weighted by Gasteiger charge is -2.37. The lowest BCUT2D eigenvalue weighted by Crippen LogP contribution is -2.50. The zero-order valence-corrected chi connectivity index (χ0v) is 16.9. The number of benzene rings is 1. The fourth-order valence-electron chi connectivity index (χ4n) is 3.12. The van der Waals surface area contributed by atoms with E-state index >= 15 is 0 Å². The molecule has 0 radical (unpaired) electrons. The number of morpholine rings is 1. The van der Waals surface area contributed by atoms with E-state index in [2.05, 4.69) is 29.4 Å². The standard InChI is InChI=1S/C20H33FN4O2/c1-5-22-20(23-12-15(2)25-9-10-26-14-16(25)3)24-13-17(4)27-19-8-6-7-18(21)11-19/h6-8,11,15-17H,5,9-10,12-14H2,1-4H3,(H2,22,23,24). The van der Waals surface area contributed by atoms with Gasteiger partial charge in [0.2, 0.25) is 0 Å². The minimum atomic E-state index is -0.297. The number of hydrogen-bond donors (Lipinski definition) is 2. The number of hydrogen-bond acceptors (Lipinski definition) is 4. The van der Waals surface area contributed by atoms with Gasteiger partial charge in [-0.2, -0.15) is 0 Å². The van der Waals surface area contributed by atoms with Gasteiger partial charge >= 0.3 is 0 Å². The second-order valence-corrected chi connectivity index (χ2v) is 7.00. The SMILES string of the molecule is CCNC(=NCC(C)N1CCOCC1C)NCC(C)Oc1cccc(F)c1. The van der Waals surface area contributed by atoms with Gasteiger partial charge in [-0.15, -0.1) is 0 Å². The van der Waals surface area contributed by atoms with E-state index in [0.29, 0.717) is 30.9 Å². The van der Waals surface area contributed by atoms with Crippen molar-refractivity contribution in [2.24, 2.45) is 4.99 Å². The van der Waals surface area contributed by atoms with E-state index in [0.717, 1.165) is 32.3 Å². The highest BCUT2D eigenvalue weighted by atomic mass is 19.1. The van der Waals surface area contributed by atoms with Crippen LogP contribution < -0.4 is 15.4 Å². The summed E-state index contributed by atoms with van der Waals surface area (Å²) in [4.78, 5) is 7.15. The molecule has 7 heteroatoms. The minimum absolute atomic E-state index is 0.118. The number of rotatable bonds is 8. The molecular weight excluding hydrogens is 347 g/mol. The lowest BCUT2D eigenvalue weighted by molar-refractivity contribution is -0.0165. The Morgan fingerprint density at radius 2 is 2.22 bits per heavy atom. The van der Waals surface area contributed by atoms with Gasteiger partial charge in [0.25, 0.3) is 0 Å². The summed E-state index contributed by atoms with van der Waals surface area (Å²) in [5, 5.41) is 6.56. The Hall–Kier alpha value is -1.86. The predicted octanol–water partition coefficient (Wildman–Crippen LogP) is 2.26. The molecular formula is C20H33FN4O2. The largest absolute Gasteiger partial charge is 0.489 e. The first-order chi connectivity index (χ1) is 13.0. The van der Waals surface area contributed by atoms with Crippen LogP contribution >= 0.6 is 0 Å². The summed E-state index contributed by atoms with van der Waals surface area (Å²) >= 11 is 0. The number of halogens is 1. The summed E-state index contributed by atoms with van der Waals surface area (Å²) < 4.78 is 24.5. The van der Waals surface area contributed by atoms with Gasteiger partial charge < -0.3 is 20.1 Å². The Morgan fingerprint density at radius 1 is 1.41 bits per heavy atom. The first-order valence-electron chi connectivity index (χ1n) is 9.77. The summed E-state index contributed by atoms with van der Waals surface area (Å²) in [6.07, 6.45) is -0.118.